The number of benzene rings is 3. The molecule has 2 fully saturated rings. The van der Waals surface area contributed by atoms with Crippen LogP contribution in [0.3, 0.4) is 0 Å². The zero-order valence-corrected chi connectivity index (χ0v) is 17.7. The first-order valence-electron chi connectivity index (χ1n) is 10.2. The standard InChI is InChI=1S/C25H21ClN2O3/c1-16-7-13-20(14-8-16)28-22(18-9-11-19(26)12-10-18)21-23(31-28)25(30)27(24(21)29)15-17-5-3-2-4-6-17/h2-14,21-23H,15H2,1H3/t21-,22-,23-/m1/s1. The molecule has 0 radical (unpaired) electrons. The average Bonchev–Trinajstić information content (AvgIpc) is 3.28. The van der Waals surface area contributed by atoms with Crippen LogP contribution >= 0.6 is 11.6 Å². The summed E-state index contributed by atoms with van der Waals surface area (Å²) in [6, 6.07) is 24.3. The summed E-state index contributed by atoms with van der Waals surface area (Å²) in [4.78, 5) is 34.1. The predicted octanol–water partition coefficient (Wildman–Crippen LogP) is 4.70. The molecule has 0 N–H and O–H groups in total. The maximum absolute atomic E-state index is 13.5. The molecule has 2 amide bonds. The first-order chi connectivity index (χ1) is 15.0. The van der Waals surface area contributed by atoms with E-state index in [0.29, 0.717) is 5.02 Å². The fourth-order valence-electron chi connectivity index (χ4n) is 4.31. The van der Waals surface area contributed by atoms with Gasteiger partial charge in [0.15, 0.2) is 6.10 Å². The molecule has 0 aliphatic carbocycles. The Kier molecular flexibility index (Phi) is 5.00. The van der Waals surface area contributed by atoms with E-state index in [1.807, 2.05) is 73.7 Å². The number of fused-ring (bicyclic) bond motifs is 1. The number of halogens is 1. The van der Waals surface area contributed by atoms with Gasteiger partial charge in [-0.2, -0.15) is 0 Å². The predicted molar refractivity (Wildman–Crippen MR) is 118 cm³/mol. The van der Waals surface area contributed by atoms with Gasteiger partial charge in [0.1, 0.15) is 5.92 Å². The molecule has 2 aliphatic rings. The summed E-state index contributed by atoms with van der Waals surface area (Å²) < 4.78 is 0. The summed E-state index contributed by atoms with van der Waals surface area (Å²) in [5, 5.41) is 2.31. The van der Waals surface area contributed by atoms with Gasteiger partial charge in [-0.3, -0.25) is 19.3 Å². The maximum atomic E-state index is 13.5. The quantitative estimate of drug-likeness (QED) is 0.561. The Hall–Kier alpha value is -3.15. The Morgan fingerprint density at radius 1 is 0.871 bits per heavy atom. The van der Waals surface area contributed by atoms with Gasteiger partial charge < -0.3 is 0 Å². The van der Waals surface area contributed by atoms with E-state index < -0.39 is 18.1 Å². The summed E-state index contributed by atoms with van der Waals surface area (Å²) in [7, 11) is 0. The van der Waals surface area contributed by atoms with Crippen LogP contribution in [0.25, 0.3) is 0 Å². The molecule has 31 heavy (non-hydrogen) atoms. The number of carbonyl (C=O) groups is 2. The number of likely N-dealkylation sites (tertiary alicyclic amines) is 1. The number of hydroxylamine groups is 1. The van der Waals surface area contributed by atoms with Gasteiger partial charge in [-0.25, -0.2) is 5.06 Å². The van der Waals surface area contributed by atoms with Crippen molar-refractivity contribution in [3.05, 3.63) is 101 Å². The molecule has 2 heterocycles. The Morgan fingerprint density at radius 2 is 1.55 bits per heavy atom. The van der Waals surface area contributed by atoms with Crippen molar-refractivity contribution in [1.29, 1.82) is 0 Å². The minimum absolute atomic E-state index is 0.214. The van der Waals surface area contributed by atoms with Gasteiger partial charge in [-0.1, -0.05) is 71.8 Å². The zero-order chi connectivity index (χ0) is 21.5. The number of rotatable bonds is 4. The van der Waals surface area contributed by atoms with Crippen molar-refractivity contribution in [2.45, 2.75) is 25.6 Å². The number of hydrogen-bond acceptors (Lipinski definition) is 4. The van der Waals surface area contributed by atoms with Crippen LogP contribution in [0.5, 0.6) is 0 Å². The third-order valence-corrected chi connectivity index (χ3v) is 6.14. The first-order valence-corrected chi connectivity index (χ1v) is 10.6. The summed E-state index contributed by atoms with van der Waals surface area (Å²) >= 11 is 6.09. The third-order valence-electron chi connectivity index (χ3n) is 5.89. The molecule has 2 aliphatic heterocycles. The van der Waals surface area contributed by atoms with E-state index in [2.05, 4.69) is 0 Å². The van der Waals surface area contributed by atoms with Crippen LogP contribution in [0.1, 0.15) is 22.7 Å². The molecular formula is C25H21ClN2O3. The largest absolute Gasteiger partial charge is 0.275 e. The van der Waals surface area contributed by atoms with Crippen molar-refractivity contribution in [2.24, 2.45) is 5.92 Å². The fraction of sp³-hybridized carbons (Fsp3) is 0.200. The van der Waals surface area contributed by atoms with Crippen LogP contribution in [0.15, 0.2) is 78.9 Å². The maximum Gasteiger partial charge on any atom is 0.262 e. The smallest absolute Gasteiger partial charge is 0.262 e. The summed E-state index contributed by atoms with van der Waals surface area (Å²) in [6.07, 6.45) is -0.849. The van der Waals surface area contributed by atoms with E-state index in [4.69, 9.17) is 16.4 Å². The number of carbonyl (C=O) groups excluding carboxylic acids is 2. The second-order valence-electron chi connectivity index (χ2n) is 7.96. The van der Waals surface area contributed by atoms with Gasteiger partial charge >= 0.3 is 0 Å². The molecular weight excluding hydrogens is 412 g/mol. The average molecular weight is 433 g/mol. The van der Waals surface area contributed by atoms with Crippen LogP contribution < -0.4 is 5.06 Å². The highest BCUT2D eigenvalue weighted by atomic mass is 35.5. The molecule has 3 aromatic rings. The summed E-state index contributed by atoms with van der Waals surface area (Å²) in [5.41, 5.74) is 3.70. The molecule has 5 nitrogen and oxygen atoms in total. The molecule has 0 spiro atoms. The third kappa shape index (κ3) is 3.50. The topological polar surface area (TPSA) is 49.9 Å². The van der Waals surface area contributed by atoms with E-state index in [1.54, 1.807) is 17.2 Å². The highest BCUT2D eigenvalue weighted by molar-refractivity contribution is 6.30. The van der Waals surface area contributed by atoms with E-state index >= 15 is 0 Å². The van der Waals surface area contributed by atoms with Crippen LogP contribution in [0.2, 0.25) is 5.02 Å². The molecule has 156 valence electrons. The second-order valence-corrected chi connectivity index (χ2v) is 8.39. The Bertz CT molecular complexity index is 1120. The van der Waals surface area contributed by atoms with Crippen molar-refractivity contribution in [3.63, 3.8) is 0 Å². The van der Waals surface area contributed by atoms with E-state index in [9.17, 15) is 9.59 Å². The van der Waals surface area contributed by atoms with Crippen molar-refractivity contribution in [3.8, 4) is 0 Å². The van der Waals surface area contributed by atoms with Gasteiger partial charge in [0, 0.05) is 5.02 Å². The fourth-order valence-corrected chi connectivity index (χ4v) is 4.43. The lowest BCUT2D eigenvalue weighted by atomic mass is 9.90. The van der Waals surface area contributed by atoms with Gasteiger partial charge in [0.25, 0.3) is 5.91 Å². The Morgan fingerprint density at radius 3 is 2.23 bits per heavy atom. The molecule has 3 atom stereocenters. The van der Waals surface area contributed by atoms with Gasteiger partial charge in [0.2, 0.25) is 5.91 Å². The number of imide groups is 1. The van der Waals surface area contributed by atoms with Crippen LogP contribution in [-0.4, -0.2) is 22.8 Å². The van der Waals surface area contributed by atoms with Gasteiger partial charge in [-0.05, 0) is 42.3 Å². The Balaban J connectivity index is 1.52. The lowest BCUT2D eigenvalue weighted by Gasteiger charge is -2.29. The number of anilines is 1. The molecule has 3 aromatic carbocycles. The van der Waals surface area contributed by atoms with Crippen LogP contribution in [-0.2, 0) is 21.0 Å². The molecule has 0 saturated carbocycles. The van der Waals surface area contributed by atoms with Crippen molar-refractivity contribution >= 4 is 29.1 Å². The molecule has 6 heteroatoms. The minimum Gasteiger partial charge on any atom is -0.275 e. The van der Waals surface area contributed by atoms with E-state index in [-0.39, 0.29) is 18.4 Å². The van der Waals surface area contributed by atoms with Gasteiger partial charge in [0.05, 0.1) is 18.3 Å². The van der Waals surface area contributed by atoms with Gasteiger partial charge in [-0.15, -0.1) is 0 Å². The van der Waals surface area contributed by atoms with Crippen LogP contribution in [0.4, 0.5) is 5.69 Å². The number of nitrogens with zero attached hydrogens (tertiary/aromatic N) is 2. The highest BCUT2D eigenvalue weighted by Gasteiger charge is 2.59. The first kappa shape index (κ1) is 19.8. The van der Waals surface area contributed by atoms with E-state index in [1.165, 1.54) is 4.90 Å². The molecule has 0 bridgehead atoms. The molecule has 5 rings (SSSR count). The summed E-state index contributed by atoms with van der Waals surface area (Å²) in [6.45, 7) is 2.25. The van der Waals surface area contributed by atoms with E-state index in [0.717, 1.165) is 22.4 Å². The number of aryl methyl sites for hydroxylation is 1. The van der Waals surface area contributed by atoms with Crippen LogP contribution in [0, 0.1) is 12.8 Å². The highest BCUT2D eigenvalue weighted by Crippen LogP contribution is 2.47. The normalized spacial score (nSPS) is 22.8. The minimum atomic E-state index is -0.849. The Labute approximate surface area is 185 Å². The monoisotopic (exact) mass is 432 g/mol. The second kappa shape index (κ2) is 7.84. The number of hydrogen-bond donors (Lipinski definition) is 0. The van der Waals surface area contributed by atoms with Crippen molar-refractivity contribution in [2.75, 3.05) is 5.06 Å². The lowest BCUT2D eigenvalue weighted by molar-refractivity contribution is -0.143. The summed E-state index contributed by atoms with van der Waals surface area (Å²) in [5.74, 6) is -1.14. The zero-order valence-electron chi connectivity index (χ0n) is 16.9. The molecule has 0 unspecified atom stereocenters. The molecule has 2 saturated heterocycles. The van der Waals surface area contributed by atoms with Crippen molar-refractivity contribution < 1.29 is 14.4 Å². The SMILES string of the molecule is Cc1ccc(N2O[C@H]3C(=O)N(Cc4ccccc4)C(=O)[C@@H]3[C@H]2c2ccc(Cl)cc2)cc1. The van der Waals surface area contributed by atoms with Crippen molar-refractivity contribution in [1.82, 2.24) is 4.90 Å². The molecule has 0 aromatic heterocycles. The lowest BCUT2D eigenvalue weighted by Crippen LogP contribution is -2.36. The number of amides is 2.